The molecule has 102 valence electrons. The number of para-hydroxylation sites is 1. The lowest BCUT2D eigenvalue weighted by molar-refractivity contribution is 0.143. The van der Waals surface area contributed by atoms with Crippen LogP contribution >= 0.6 is 0 Å². The zero-order valence-electron chi connectivity index (χ0n) is 10.9. The second-order valence-corrected chi connectivity index (χ2v) is 5.29. The smallest absolute Gasteiger partial charge is 0.411 e. The van der Waals surface area contributed by atoms with E-state index in [4.69, 9.17) is 9.47 Å². The van der Waals surface area contributed by atoms with Crippen molar-refractivity contribution in [1.29, 1.82) is 0 Å². The summed E-state index contributed by atoms with van der Waals surface area (Å²) in [4.78, 5) is 11.6. The van der Waals surface area contributed by atoms with E-state index in [9.17, 15) is 4.79 Å². The molecule has 0 radical (unpaired) electrons. The molecule has 0 bridgehead atoms. The molecule has 1 saturated carbocycles. The van der Waals surface area contributed by atoms with Gasteiger partial charge >= 0.3 is 6.09 Å². The number of anilines is 1. The number of amides is 1. The summed E-state index contributed by atoms with van der Waals surface area (Å²) in [6.07, 6.45) is 5.61. The molecule has 0 aromatic heterocycles. The van der Waals surface area contributed by atoms with E-state index in [0.717, 1.165) is 24.9 Å². The maximum Gasteiger partial charge on any atom is 0.411 e. The van der Waals surface area contributed by atoms with Gasteiger partial charge in [0.2, 0.25) is 0 Å². The van der Waals surface area contributed by atoms with Crippen LogP contribution in [-0.2, 0) is 9.47 Å². The first-order valence-electron chi connectivity index (χ1n) is 6.95. The maximum absolute atomic E-state index is 11.6. The quantitative estimate of drug-likeness (QED) is 0.846. The number of carbonyl (C=O) groups excluding carboxylic acids is 1. The monoisotopic (exact) mass is 261 g/mol. The second-order valence-electron chi connectivity index (χ2n) is 5.29. The Hall–Kier alpha value is -1.55. The highest BCUT2D eigenvalue weighted by molar-refractivity contribution is 5.84. The third kappa shape index (κ3) is 2.89. The van der Waals surface area contributed by atoms with Crippen molar-refractivity contribution in [2.45, 2.75) is 43.8 Å². The van der Waals surface area contributed by atoms with Gasteiger partial charge in [-0.1, -0.05) is 31.0 Å². The van der Waals surface area contributed by atoms with Crippen LogP contribution in [0.5, 0.6) is 0 Å². The van der Waals surface area contributed by atoms with E-state index in [1.165, 1.54) is 12.8 Å². The van der Waals surface area contributed by atoms with Gasteiger partial charge in [-0.2, -0.15) is 0 Å². The Morgan fingerprint density at radius 3 is 3.00 bits per heavy atom. The number of nitrogens with one attached hydrogen (secondary N) is 1. The van der Waals surface area contributed by atoms with Crippen molar-refractivity contribution < 1.29 is 14.3 Å². The number of ether oxygens (including phenoxy) is 2. The number of rotatable bonds is 4. The Balaban J connectivity index is 1.40. The van der Waals surface area contributed by atoms with Crippen LogP contribution < -0.4 is 5.32 Å². The van der Waals surface area contributed by atoms with Gasteiger partial charge < -0.3 is 9.47 Å². The molecule has 2 atom stereocenters. The van der Waals surface area contributed by atoms with Crippen LogP contribution in [0.25, 0.3) is 0 Å². The van der Waals surface area contributed by atoms with Crippen LogP contribution in [0.3, 0.4) is 0 Å². The highest BCUT2D eigenvalue weighted by atomic mass is 16.6. The Morgan fingerprint density at radius 2 is 2.21 bits per heavy atom. The van der Waals surface area contributed by atoms with Crippen LogP contribution in [0, 0.1) is 0 Å². The molecule has 1 heterocycles. The third-order valence-electron chi connectivity index (χ3n) is 4.00. The predicted molar refractivity (Wildman–Crippen MR) is 72.1 cm³/mol. The molecule has 4 heteroatoms. The molecule has 1 N–H and O–H groups in total. The first kappa shape index (κ1) is 12.5. The molecule has 0 spiro atoms. The summed E-state index contributed by atoms with van der Waals surface area (Å²) in [5.74, 6) is 0. The first-order valence-corrected chi connectivity index (χ1v) is 6.95. The van der Waals surface area contributed by atoms with E-state index >= 15 is 0 Å². The summed E-state index contributed by atoms with van der Waals surface area (Å²) in [7, 11) is 0. The molecule has 19 heavy (non-hydrogen) atoms. The number of hydrogen-bond donors (Lipinski definition) is 1. The SMILES string of the molecule is O=C(Nc1ccccc1)OCC[C@]12CCCC[C@H]1O2. The average molecular weight is 261 g/mol. The van der Waals surface area contributed by atoms with Crippen molar-refractivity contribution in [3.8, 4) is 0 Å². The fourth-order valence-electron chi connectivity index (χ4n) is 2.88. The van der Waals surface area contributed by atoms with Gasteiger partial charge in [0.15, 0.2) is 0 Å². The van der Waals surface area contributed by atoms with Gasteiger partial charge in [-0.3, -0.25) is 5.32 Å². The topological polar surface area (TPSA) is 50.9 Å². The van der Waals surface area contributed by atoms with E-state index in [0.29, 0.717) is 12.7 Å². The van der Waals surface area contributed by atoms with Crippen LogP contribution in [0.4, 0.5) is 10.5 Å². The summed E-state index contributed by atoms with van der Waals surface area (Å²) >= 11 is 0. The summed E-state index contributed by atoms with van der Waals surface area (Å²) in [5, 5.41) is 2.70. The molecule has 3 rings (SSSR count). The van der Waals surface area contributed by atoms with E-state index in [1.54, 1.807) is 0 Å². The lowest BCUT2D eigenvalue weighted by Crippen LogP contribution is -2.23. The minimum atomic E-state index is -0.393. The first-order chi connectivity index (χ1) is 9.28. The molecule has 1 aromatic rings. The molecule has 2 fully saturated rings. The average Bonchev–Trinajstić information content (AvgIpc) is 3.14. The standard InChI is InChI=1S/C15H19NO3/c17-14(16-12-6-2-1-3-7-12)18-11-10-15-9-5-4-8-13(15)19-15/h1-3,6-7,13H,4-5,8-11H2,(H,16,17)/t13-,15-/m1/s1. The minimum Gasteiger partial charge on any atom is -0.449 e. The maximum atomic E-state index is 11.6. The largest absolute Gasteiger partial charge is 0.449 e. The molecule has 1 aliphatic heterocycles. The van der Waals surface area contributed by atoms with Crippen molar-refractivity contribution >= 4 is 11.8 Å². The van der Waals surface area contributed by atoms with Gasteiger partial charge in [-0.05, 0) is 25.0 Å². The molecule has 4 nitrogen and oxygen atoms in total. The minimum absolute atomic E-state index is 0.0330. The molecule has 2 aliphatic rings. The fraction of sp³-hybridized carbons (Fsp3) is 0.533. The van der Waals surface area contributed by atoms with Crippen molar-refractivity contribution in [3.63, 3.8) is 0 Å². The number of fused-ring (bicyclic) bond motifs is 1. The number of hydrogen-bond acceptors (Lipinski definition) is 3. The summed E-state index contributed by atoms with van der Waals surface area (Å²) in [5.41, 5.74) is 0.787. The molecule has 0 unspecified atom stereocenters. The van der Waals surface area contributed by atoms with Crippen molar-refractivity contribution in [1.82, 2.24) is 0 Å². The van der Waals surface area contributed by atoms with E-state index in [-0.39, 0.29) is 5.60 Å². The van der Waals surface area contributed by atoms with Crippen LogP contribution in [0.2, 0.25) is 0 Å². The third-order valence-corrected chi connectivity index (χ3v) is 4.00. The molecule has 1 amide bonds. The Kier molecular flexibility index (Phi) is 3.42. The van der Waals surface area contributed by atoms with Gasteiger partial charge in [0.05, 0.1) is 18.3 Å². The van der Waals surface area contributed by atoms with Gasteiger partial charge in [-0.25, -0.2) is 4.79 Å². The second kappa shape index (κ2) is 5.21. The van der Waals surface area contributed by atoms with Crippen LogP contribution in [0.15, 0.2) is 30.3 Å². The van der Waals surface area contributed by atoms with Crippen molar-refractivity contribution in [3.05, 3.63) is 30.3 Å². The Labute approximate surface area is 113 Å². The molecular formula is C15H19NO3. The lowest BCUT2D eigenvalue weighted by atomic mass is 9.87. The number of epoxide rings is 1. The molecule has 1 aliphatic carbocycles. The molecule has 1 saturated heterocycles. The van der Waals surface area contributed by atoms with Crippen molar-refractivity contribution in [2.75, 3.05) is 11.9 Å². The van der Waals surface area contributed by atoms with Crippen LogP contribution in [-0.4, -0.2) is 24.4 Å². The van der Waals surface area contributed by atoms with Gasteiger partial charge in [0, 0.05) is 12.1 Å². The van der Waals surface area contributed by atoms with Gasteiger partial charge in [0.25, 0.3) is 0 Å². The summed E-state index contributed by atoms with van der Waals surface area (Å²) in [6, 6.07) is 9.32. The summed E-state index contributed by atoms with van der Waals surface area (Å²) < 4.78 is 11.0. The Morgan fingerprint density at radius 1 is 1.37 bits per heavy atom. The van der Waals surface area contributed by atoms with Crippen molar-refractivity contribution in [2.24, 2.45) is 0 Å². The van der Waals surface area contributed by atoms with E-state index < -0.39 is 6.09 Å². The number of benzene rings is 1. The van der Waals surface area contributed by atoms with Gasteiger partial charge in [-0.15, -0.1) is 0 Å². The van der Waals surface area contributed by atoms with E-state index in [1.807, 2.05) is 30.3 Å². The highest BCUT2D eigenvalue weighted by Gasteiger charge is 2.56. The highest BCUT2D eigenvalue weighted by Crippen LogP contribution is 2.49. The summed E-state index contributed by atoms with van der Waals surface area (Å²) in [6.45, 7) is 0.426. The van der Waals surface area contributed by atoms with Crippen LogP contribution in [0.1, 0.15) is 32.1 Å². The number of carbonyl (C=O) groups is 1. The fourth-order valence-corrected chi connectivity index (χ4v) is 2.88. The van der Waals surface area contributed by atoms with E-state index in [2.05, 4.69) is 5.32 Å². The lowest BCUT2D eigenvalue weighted by Gasteiger charge is -2.16. The Bertz CT molecular complexity index is 448. The zero-order valence-corrected chi connectivity index (χ0v) is 10.9. The zero-order chi connectivity index (χ0) is 13.1. The normalized spacial score (nSPS) is 28.3. The predicted octanol–water partition coefficient (Wildman–Crippen LogP) is 3.34. The molecule has 1 aromatic carbocycles. The molecular weight excluding hydrogens is 242 g/mol. The van der Waals surface area contributed by atoms with Gasteiger partial charge in [0.1, 0.15) is 0 Å².